The molecule has 0 aromatic heterocycles. The fraction of sp³-hybridized carbons (Fsp3) is 1.00. The third-order valence-corrected chi connectivity index (χ3v) is 6.90. The quantitative estimate of drug-likeness (QED) is 0.527. The summed E-state index contributed by atoms with van der Waals surface area (Å²) in [6, 6.07) is -0.207. The number of rotatable bonds is 11. The fourth-order valence-electron chi connectivity index (χ4n) is 3.62. The van der Waals surface area contributed by atoms with Gasteiger partial charge in [0.05, 0.1) is 11.9 Å². The monoisotopic (exact) mass is 362 g/mol. The van der Waals surface area contributed by atoms with Crippen molar-refractivity contribution < 1.29 is 13.5 Å². The Morgan fingerprint density at radius 1 is 1.21 bits per heavy atom. The van der Waals surface area contributed by atoms with E-state index >= 15 is 0 Å². The molecule has 1 fully saturated rings. The van der Waals surface area contributed by atoms with Crippen LogP contribution in [0.2, 0.25) is 0 Å². The molecule has 1 rings (SSSR count). The summed E-state index contributed by atoms with van der Waals surface area (Å²) in [5.74, 6) is 1.19. The van der Waals surface area contributed by atoms with Crippen LogP contribution < -0.4 is 10.5 Å². The number of hydrogen-bond acceptors (Lipinski definition) is 4. The summed E-state index contributed by atoms with van der Waals surface area (Å²) in [4.78, 5) is 0. The molecule has 0 heterocycles. The molecule has 4 N–H and O–H groups in total. The summed E-state index contributed by atoms with van der Waals surface area (Å²) in [6.45, 7) is 6.37. The molecule has 0 spiro atoms. The Hall–Kier alpha value is -0.170. The summed E-state index contributed by atoms with van der Waals surface area (Å²) in [7, 11) is -3.20. The maximum atomic E-state index is 11.8. The second kappa shape index (κ2) is 10.7. The summed E-state index contributed by atoms with van der Waals surface area (Å²) >= 11 is 0. The molecule has 0 aromatic carbocycles. The molecular weight excluding hydrogens is 324 g/mol. The standard InChI is InChI=1S/C18H38N2O3S/c1-4-10-24(22,23)20-13-16(14(2)3)12-18(21)17(19)11-15-8-6-5-7-9-15/h14-18,20-21H,4-13,19H2,1-3H3/t16-,17+,18+/m1/s1. The van der Waals surface area contributed by atoms with Crippen LogP contribution in [0, 0.1) is 17.8 Å². The summed E-state index contributed by atoms with van der Waals surface area (Å²) in [5.41, 5.74) is 6.24. The Morgan fingerprint density at radius 2 is 1.83 bits per heavy atom. The molecule has 0 aromatic rings. The van der Waals surface area contributed by atoms with E-state index in [0.29, 0.717) is 31.2 Å². The molecule has 1 saturated carbocycles. The van der Waals surface area contributed by atoms with Crippen molar-refractivity contribution >= 4 is 10.0 Å². The van der Waals surface area contributed by atoms with Crippen LogP contribution in [0.25, 0.3) is 0 Å². The molecule has 144 valence electrons. The highest BCUT2D eigenvalue weighted by atomic mass is 32.2. The molecule has 0 bridgehead atoms. The molecule has 24 heavy (non-hydrogen) atoms. The van der Waals surface area contributed by atoms with Gasteiger partial charge in [-0.05, 0) is 37.0 Å². The van der Waals surface area contributed by atoms with Crippen molar-refractivity contribution in [1.29, 1.82) is 0 Å². The van der Waals surface area contributed by atoms with Gasteiger partial charge in [-0.25, -0.2) is 13.1 Å². The van der Waals surface area contributed by atoms with Gasteiger partial charge < -0.3 is 10.8 Å². The Labute approximate surface area is 148 Å². The Kier molecular flexibility index (Phi) is 9.79. The fourth-order valence-corrected chi connectivity index (χ4v) is 4.77. The normalized spacial score (nSPS) is 20.9. The molecule has 6 heteroatoms. The van der Waals surface area contributed by atoms with E-state index in [0.717, 1.165) is 6.42 Å². The van der Waals surface area contributed by atoms with Crippen LogP contribution in [0.5, 0.6) is 0 Å². The van der Waals surface area contributed by atoms with Crippen LogP contribution in [-0.2, 0) is 10.0 Å². The lowest BCUT2D eigenvalue weighted by Gasteiger charge is -2.30. The van der Waals surface area contributed by atoms with Crippen molar-refractivity contribution in [2.24, 2.45) is 23.5 Å². The average Bonchev–Trinajstić information content (AvgIpc) is 2.51. The van der Waals surface area contributed by atoms with Crippen LogP contribution >= 0.6 is 0 Å². The topological polar surface area (TPSA) is 92.4 Å². The molecule has 0 unspecified atom stereocenters. The molecule has 0 amide bonds. The van der Waals surface area contributed by atoms with Crippen molar-refractivity contribution in [2.45, 2.75) is 84.3 Å². The highest BCUT2D eigenvalue weighted by Crippen LogP contribution is 2.28. The van der Waals surface area contributed by atoms with E-state index in [-0.39, 0.29) is 17.7 Å². The Balaban J connectivity index is 2.47. The molecular formula is C18H38N2O3S. The number of sulfonamides is 1. The van der Waals surface area contributed by atoms with Crippen LogP contribution in [0.4, 0.5) is 0 Å². The minimum atomic E-state index is -3.20. The lowest BCUT2D eigenvalue weighted by molar-refractivity contribution is 0.0920. The van der Waals surface area contributed by atoms with E-state index in [4.69, 9.17) is 5.73 Å². The number of hydrogen-bond donors (Lipinski definition) is 3. The first kappa shape index (κ1) is 21.9. The van der Waals surface area contributed by atoms with Crippen molar-refractivity contribution in [3.63, 3.8) is 0 Å². The summed E-state index contributed by atoms with van der Waals surface area (Å²) in [5, 5.41) is 10.5. The van der Waals surface area contributed by atoms with E-state index in [9.17, 15) is 13.5 Å². The molecule has 0 saturated heterocycles. The van der Waals surface area contributed by atoms with Gasteiger partial charge in [-0.3, -0.25) is 0 Å². The van der Waals surface area contributed by atoms with Gasteiger partial charge in [0, 0.05) is 12.6 Å². The minimum Gasteiger partial charge on any atom is -0.392 e. The first-order valence-electron chi connectivity index (χ1n) is 9.66. The number of nitrogens with two attached hydrogens (primary N) is 1. The van der Waals surface area contributed by atoms with Gasteiger partial charge in [0.2, 0.25) is 10.0 Å². The molecule has 0 aliphatic heterocycles. The van der Waals surface area contributed by atoms with E-state index in [1.54, 1.807) is 0 Å². The zero-order chi connectivity index (χ0) is 18.2. The second-order valence-corrected chi connectivity index (χ2v) is 9.80. The zero-order valence-electron chi connectivity index (χ0n) is 15.7. The second-order valence-electron chi connectivity index (χ2n) is 7.88. The van der Waals surface area contributed by atoms with Crippen molar-refractivity contribution in [3.05, 3.63) is 0 Å². The first-order valence-corrected chi connectivity index (χ1v) is 11.3. The average molecular weight is 363 g/mol. The smallest absolute Gasteiger partial charge is 0.211 e. The lowest BCUT2D eigenvalue weighted by atomic mass is 9.81. The summed E-state index contributed by atoms with van der Waals surface area (Å²) < 4.78 is 26.4. The predicted octanol–water partition coefficient (Wildman–Crippen LogP) is 2.64. The largest absolute Gasteiger partial charge is 0.392 e. The number of aliphatic hydroxyl groups is 1. The van der Waals surface area contributed by atoms with Gasteiger partial charge in [0.25, 0.3) is 0 Å². The zero-order valence-corrected chi connectivity index (χ0v) is 16.5. The molecule has 5 nitrogen and oxygen atoms in total. The van der Waals surface area contributed by atoms with Gasteiger partial charge in [-0.2, -0.15) is 0 Å². The minimum absolute atomic E-state index is 0.101. The van der Waals surface area contributed by atoms with Crippen LogP contribution in [0.15, 0.2) is 0 Å². The third-order valence-electron chi connectivity index (χ3n) is 5.35. The highest BCUT2D eigenvalue weighted by Gasteiger charge is 2.26. The van der Waals surface area contributed by atoms with Gasteiger partial charge >= 0.3 is 0 Å². The highest BCUT2D eigenvalue weighted by molar-refractivity contribution is 7.89. The Morgan fingerprint density at radius 3 is 2.38 bits per heavy atom. The van der Waals surface area contributed by atoms with E-state index in [1.807, 2.05) is 6.92 Å². The SMILES string of the molecule is CCCS(=O)(=O)NC[C@@H](C[C@H](O)[C@@H](N)CC1CCCCC1)C(C)C. The maximum Gasteiger partial charge on any atom is 0.211 e. The van der Waals surface area contributed by atoms with Crippen LogP contribution in [0.1, 0.15) is 72.1 Å². The van der Waals surface area contributed by atoms with Gasteiger partial charge in [0.15, 0.2) is 0 Å². The van der Waals surface area contributed by atoms with Crippen molar-refractivity contribution in [2.75, 3.05) is 12.3 Å². The molecule has 0 radical (unpaired) electrons. The van der Waals surface area contributed by atoms with Crippen LogP contribution in [0.3, 0.4) is 0 Å². The third kappa shape index (κ3) is 8.28. The summed E-state index contributed by atoms with van der Waals surface area (Å²) in [6.07, 6.45) is 7.82. The van der Waals surface area contributed by atoms with E-state index in [2.05, 4.69) is 18.6 Å². The van der Waals surface area contributed by atoms with E-state index < -0.39 is 16.1 Å². The predicted molar refractivity (Wildman–Crippen MR) is 100 cm³/mol. The van der Waals surface area contributed by atoms with Gasteiger partial charge in [0.1, 0.15) is 0 Å². The Bertz CT molecular complexity index is 434. The van der Waals surface area contributed by atoms with E-state index in [1.165, 1.54) is 32.1 Å². The van der Waals surface area contributed by atoms with Gasteiger partial charge in [-0.15, -0.1) is 0 Å². The first-order chi connectivity index (χ1) is 11.2. The number of aliphatic hydroxyl groups excluding tert-OH is 1. The lowest BCUT2D eigenvalue weighted by Crippen LogP contribution is -2.41. The van der Waals surface area contributed by atoms with Crippen molar-refractivity contribution in [1.82, 2.24) is 4.72 Å². The van der Waals surface area contributed by atoms with Crippen LogP contribution in [-0.4, -0.2) is 38.0 Å². The van der Waals surface area contributed by atoms with Gasteiger partial charge in [-0.1, -0.05) is 52.9 Å². The van der Waals surface area contributed by atoms with Crippen molar-refractivity contribution in [3.8, 4) is 0 Å². The molecule has 1 aliphatic carbocycles. The molecule has 1 aliphatic rings. The number of nitrogens with one attached hydrogen (secondary N) is 1. The molecule has 3 atom stereocenters. The maximum absolute atomic E-state index is 11.8.